The van der Waals surface area contributed by atoms with Gasteiger partial charge in [-0.15, -0.1) is 10.2 Å². The van der Waals surface area contributed by atoms with Crippen LogP contribution >= 0.6 is 0 Å². The molecule has 2 rings (SSSR count). The number of carbonyl (C=O) groups is 1. The van der Waals surface area contributed by atoms with Gasteiger partial charge >= 0.3 is 0 Å². The van der Waals surface area contributed by atoms with E-state index in [0.29, 0.717) is 28.8 Å². The summed E-state index contributed by atoms with van der Waals surface area (Å²) in [4.78, 5) is 12.3. The monoisotopic (exact) mass is 346 g/mol. The van der Waals surface area contributed by atoms with Gasteiger partial charge in [0.2, 0.25) is 5.75 Å². The highest BCUT2D eigenvalue weighted by atomic mass is 16.5. The van der Waals surface area contributed by atoms with Gasteiger partial charge in [0.15, 0.2) is 17.2 Å². The van der Waals surface area contributed by atoms with Crippen molar-refractivity contribution in [2.45, 2.75) is 13.3 Å². The number of aromatic nitrogens is 2. The molecule has 1 heterocycles. The average Bonchev–Trinajstić information content (AvgIpc) is 2.65. The zero-order chi connectivity index (χ0) is 18.2. The highest BCUT2D eigenvalue weighted by Crippen LogP contribution is 2.39. The Morgan fingerprint density at radius 1 is 1.04 bits per heavy atom. The zero-order valence-corrected chi connectivity index (χ0v) is 14.8. The number of methoxy groups -OCH3 is 3. The summed E-state index contributed by atoms with van der Waals surface area (Å²) in [6, 6.07) is 6.61. The van der Waals surface area contributed by atoms with Gasteiger partial charge in [0.05, 0.1) is 21.3 Å². The molecule has 8 nitrogen and oxygen atoms in total. The fourth-order valence-electron chi connectivity index (χ4n) is 2.15. The van der Waals surface area contributed by atoms with Crippen LogP contribution in [0.1, 0.15) is 23.8 Å². The van der Waals surface area contributed by atoms with Gasteiger partial charge in [0, 0.05) is 24.4 Å². The number of amides is 1. The highest BCUT2D eigenvalue weighted by Gasteiger charge is 2.15. The van der Waals surface area contributed by atoms with E-state index in [-0.39, 0.29) is 11.6 Å². The molecule has 0 radical (unpaired) electrons. The average molecular weight is 346 g/mol. The van der Waals surface area contributed by atoms with Gasteiger partial charge in [-0.05, 0) is 18.6 Å². The third kappa shape index (κ3) is 4.50. The van der Waals surface area contributed by atoms with Crippen LogP contribution in [0, 0.1) is 0 Å². The van der Waals surface area contributed by atoms with Crippen molar-refractivity contribution < 1.29 is 19.0 Å². The minimum Gasteiger partial charge on any atom is -0.493 e. The lowest BCUT2D eigenvalue weighted by molar-refractivity contribution is 0.102. The number of ether oxygens (including phenoxy) is 3. The summed E-state index contributed by atoms with van der Waals surface area (Å²) in [5, 5.41) is 13.8. The summed E-state index contributed by atoms with van der Waals surface area (Å²) in [6.45, 7) is 2.85. The normalized spacial score (nSPS) is 10.1. The summed E-state index contributed by atoms with van der Waals surface area (Å²) in [7, 11) is 4.54. The second-order valence-corrected chi connectivity index (χ2v) is 5.10. The maximum atomic E-state index is 12.3. The first-order chi connectivity index (χ1) is 12.1. The van der Waals surface area contributed by atoms with Crippen molar-refractivity contribution in [3.05, 3.63) is 30.0 Å². The van der Waals surface area contributed by atoms with Crippen molar-refractivity contribution in [3.8, 4) is 17.2 Å². The van der Waals surface area contributed by atoms with E-state index in [1.807, 2.05) is 0 Å². The Kier molecular flexibility index (Phi) is 6.39. The van der Waals surface area contributed by atoms with Gasteiger partial charge in [-0.25, -0.2) is 0 Å². The predicted molar refractivity (Wildman–Crippen MR) is 94.9 cm³/mol. The molecule has 8 heteroatoms. The number of hydrogen-bond donors (Lipinski definition) is 2. The number of rotatable bonds is 8. The van der Waals surface area contributed by atoms with Crippen molar-refractivity contribution in [2.24, 2.45) is 0 Å². The largest absolute Gasteiger partial charge is 0.493 e. The molecular weight excluding hydrogens is 324 g/mol. The summed E-state index contributed by atoms with van der Waals surface area (Å²) in [5.74, 6) is 1.59. The Balaban J connectivity index is 2.17. The molecular formula is C17H22N4O4. The van der Waals surface area contributed by atoms with Crippen LogP contribution in [0.2, 0.25) is 0 Å². The number of nitrogens with one attached hydrogen (secondary N) is 2. The molecule has 0 saturated carbocycles. The van der Waals surface area contributed by atoms with E-state index >= 15 is 0 Å². The second kappa shape index (κ2) is 8.72. The minimum atomic E-state index is -0.385. The molecule has 0 aliphatic heterocycles. The van der Waals surface area contributed by atoms with Crippen LogP contribution in [-0.4, -0.2) is 44.0 Å². The summed E-state index contributed by atoms with van der Waals surface area (Å²) >= 11 is 0. The Labute approximate surface area is 146 Å². The zero-order valence-electron chi connectivity index (χ0n) is 14.8. The van der Waals surface area contributed by atoms with Crippen LogP contribution in [0.25, 0.3) is 0 Å². The van der Waals surface area contributed by atoms with Crippen LogP contribution in [0.15, 0.2) is 24.3 Å². The molecule has 0 saturated heterocycles. The van der Waals surface area contributed by atoms with Gasteiger partial charge in [0.1, 0.15) is 5.82 Å². The Hall–Kier alpha value is -3.03. The number of hydrogen-bond acceptors (Lipinski definition) is 7. The lowest BCUT2D eigenvalue weighted by Crippen LogP contribution is -2.15. The predicted octanol–water partition coefficient (Wildman–Crippen LogP) is 2.58. The molecule has 25 heavy (non-hydrogen) atoms. The number of anilines is 2. The Morgan fingerprint density at radius 3 is 2.20 bits per heavy atom. The molecule has 0 spiro atoms. The molecule has 1 amide bonds. The quantitative estimate of drug-likeness (QED) is 0.758. The molecule has 0 aliphatic rings. The van der Waals surface area contributed by atoms with Gasteiger partial charge < -0.3 is 24.8 Å². The maximum absolute atomic E-state index is 12.3. The first kappa shape index (κ1) is 18.3. The minimum absolute atomic E-state index is 0.204. The van der Waals surface area contributed by atoms with E-state index in [1.54, 1.807) is 24.3 Å². The molecule has 1 aromatic carbocycles. The van der Waals surface area contributed by atoms with Crippen molar-refractivity contribution >= 4 is 17.4 Å². The first-order valence-electron chi connectivity index (χ1n) is 7.81. The summed E-state index contributed by atoms with van der Waals surface area (Å²) < 4.78 is 15.8. The third-order valence-electron chi connectivity index (χ3n) is 3.38. The fourth-order valence-corrected chi connectivity index (χ4v) is 2.15. The maximum Gasteiger partial charge on any atom is 0.276 e. The van der Waals surface area contributed by atoms with E-state index < -0.39 is 0 Å². The standard InChI is InChI=1S/C17H22N4O4/c1-5-8-18-15-7-6-12(20-21-15)17(22)19-11-9-13(23-2)16(25-4)14(10-11)24-3/h6-7,9-10H,5,8H2,1-4H3,(H,18,21)(H,19,22). The van der Waals surface area contributed by atoms with Crippen molar-refractivity contribution in [2.75, 3.05) is 38.5 Å². The molecule has 2 aromatic rings. The number of carbonyl (C=O) groups excluding carboxylic acids is 1. The van der Waals surface area contributed by atoms with E-state index in [0.717, 1.165) is 13.0 Å². The molecule has 0 bridgehead atoms. The number of benzene rings is 1. The Morgan fingerprint density at radius 2 is 1.72 bits per heavy atom. The molecule has 1 aromatic heterocycles. The van der Waals surface area contributed by atoms with Gasteiger partial charge in [-0.2, -0.15) is 0 Å². The smallest absolute Gasteiger partial charge is 0.276 e. The van der Waals surface area contributed by atoms with Gasteiger partial charge in [0.25, 0.3) is 5.91 Å². The first-order valence-corrected chi connectivity index (χ1v) is 7.81. The number of nitrogens with zero attached hydrogens (tertiary/aromatic N) is 2. The fraction of sp³-hybridized carbons (Fsp3) is 0.353. The molecule has 0 unspecified atom stereocenters. The molecule has 0 atom stereocenters. The lowest BCUT2D eigenvalue weighted by Gasteiger charge is -2.14. The second-order valence-electron chi connectivity index (χ2n) is 5.10. The van der Waals surface area contributed by atoms with Gasteiger partial charge in [-0.3, -0.25) is 4.79 Å². The van der Waals surface area contributed by atoms with Crippen LogP contribution in [0.5, 0.6) is 17.2 Å². The SMILES string of the molecule is CCCNc1ccc(C(=O)Nc2cc(OC)c(OC)c(OC)c2)nn1. The molecule has 134 valence electrons. The lowest BCUT2D eigenvalue weighted by atomic mass is 10.2. The van der Waals surface area contributed by atoms with E-state index in [1.165, 1.54) is 21.3 Å². The van der Waals surface area contributed by atoms with Crippen LogP contribution in [-0.2, 0) is 0 Å². The molecule has 2 N–H and O–H groups in total. The molecule has 0 aliphatic carbocycles. The topological polar surface area (TPSA) is 94.6 Å². The summed E-state index contributed by atoms with van der Waals surface area (Å²) in [6.07, 6.45) is 0.977. The van der Waals surface area contributed by atoms with Gasteiger partial charge in [-0.1, -0.05) is 6.92 Å². The van der Waals surface area contributed by atoms with Crippen molar-refractivity contribution in [1.82, 2.24) is 10.2 Å². The summed E-state index contributed by atoms with van der Waals surface area (Å²) in [5.41, 5.74) is 0.699. The van der Waals surface area contributed by atoms with Crippen LogP contribution in [0.3, 0.4) is 0 Å². The van der Waals surface area contributed by atoms with Crippen molar-refractivity contribution in [1.29, 1.82) is 0 Å². The Bertz CT molecular complexity index is 694. The van der Waals surface area contributed by atoms with E-state index in [4.69, 9.17) is 14.2 Å². The third-order valence-corrected chi connectivity index (χ3v) is 3.38. The van der Waals surface area contributed by atoms with Crippen LogP contribution < -0.4 is 24.8 Å². The molecule has 0 fully saturated rings. The highest BCUT2D eigenvalue weighted by molar-refractivity contribution is 6.03. The van der Waals surface area contributed by atoms with Crippen LogP contribution in [0.4, 0.5) is 11.5 Å². The van der Waals surface area contributed by atoms with E-state index in [9.17, 15) is 4.79 Å². The van der Waals surface area contributed by atoms with E-state index in [2.05, 4.69) is 27.8 Å². The van der Waals surface area contributed by atoms with Crippen molar-refractivity contribution in [3.63, 3.8) is 0 Å².